The van der Waals surface area contributed by atoms with E-state index < -0.39 is 23.0 Å². The van der Waals surface area contributed by atoms with Gasteiger partial charge in [-0.15, -0.1) is 0 Å². The monoisotopic (exact) mass is 493 g/mol. The summed E-state index contributed by atoms with van der Waals surface area (Å²) in [5, 5.41) is -0.0145. The first-order valence-corrected chi connectivity index (χ1v) is 11.6. The van der Waals surface area contributed by atoms with Crippen LogP contribution in [0.15, 0.2) is 18.5 Å². The molecule has 1 aromatic carbocycles. The Morgan fingerprint density at radius 1 is 1.24 bits per heavy atom. The number of carbonyl (C=O) groups excluding carboxylic acids is 3. The van der Waals surface area contributed by atoms with Gasteiger partial charge in [0.05, 0.1) is 22.5 Å². The zero-order chi connectivity index (χ0) is 24.8. The van der Waals surface area contributed by atoms with E-state index in [1.54, 1.807) is 4.90 Å². The van der Waals surface area contributed by atoms with Gasteiger partial charge in [0.1, 0.15) is 5.69 Å². The van der Waals surface area contributed by atoms with E-state index in [0.29, 0.717) is 38.6 Å². The van der Waals surface area contributed by atoms with Crippen molar-refractivity contribution in [1.82, 2.24) is 14.9 Å². The molecule has 2 heterocycles. The summed E-state index contributed by atoms with van der Waals surface area (Å²) in [4.78, 5) is 48.0. The van der Waals surface area contributed by atoms with Crippen LogP contribution >= 0.6 is 11.6 Å². The summed E-state index contributed by atoms with van der Waals surface area (Å²) in [6.07, 6.45) is 4.06. The lowest BCUT2D eigenvalue weighted by Crippen LogP contribution is -2.49. The van der Waals surface area contributed by atoms with E-state index >= 15 is 0 Å². The summed E-state index contributed by atoms with van der Waals surface area (Å²) in [5.74, 6) is -3.44. The Hall–Kier alpha value is -3.01. The van der Waals surface area contributed by atoms with Crippen LogP contribution in [0.3, 0.4) is 0 Å². The molecule has 0 radical (unpaired) electrons. The van der Waals surface area contributed by atoms with Gasteiger partial charge in [-0.3, -0.25) is 14.4 Å². The van der Waals surface area contributed by atoms with E-state index in [1.165, 1.54) is 11.2 Å². The van der Waals surface area contributed by atoms with Crippen LogP contribution in [0, 0.1) is 17.0 Å². The largest absolute Gasteiger partial charge is 0.364 e. The van der Waals surface area contributed by atoms with Crippen LogP contribution in [0.4, 0.5) is 14.5 Å². The average Bonchev–Trinajstić information content (AvgIpc) is 3.39. The first-order valence-electron chi connectivity index (χ1n) is 11.2. The highest BCUT2D eigenvalue weighted by atomic mass is 35.5. The van der Waals surface area contributed by atoms with Crippen molar-refractivity contribution in [2.24, 2.45) is 11.1 Å². The Labute approximate surface area is 200 Å². The summed E-state index contributed by atoms with van der Waals surface area (Å²) < 4.78 is 27.3. The van der Waals surface area contributed by atoms with E-state index in [1.807, 2.05) is 13.8 Å². The Balaban J connectivity index is 1.51. The molecule has 1 saturated carbocycles. The second-order valence-corrected chi connectivity index (χ2v) is 9.64. The van der Waals surface area contributed by atoms with Gasteiger partial charge in [0, 0.05) is 24.7 Å². The minimum absolute atomic E-state index is 0.0145. The van der Waals surface area contributed by atoms with Gasteiger partial charge in [-0.05, 0) is 52.0 Å². The number of rotatable bonds is 5. The summed E-state index contributed by atoms with van der Waals surface area (Å²) in [6.45, 7) is 4.13. The van der Waals surface area contributed by atoms with Crippen LogP contribution < -0.4 is 10.6 Å². The quantitative estimate of drug-likeness (QED) is 0.619. The van der Waals surface area contributed by atoms with Crippen LogP contribution in [0.5, 0.6) is 0 Å². The molecule has 4 rings (SSSR count). The summed E-state index contributed by atoms with van der Waals surface area (Å²) in [6, 6.07) is 1.53. The molecule has 1 aliphatic heterocycles. The molecule has 1 aliphatic carbocycles. The second-order valence-electron chi connectivity index (χ2n) is 9.23. The maximum absolute atomic E-state index is 13.8. The number of hydrogen-bond acceptors (Lipinski definition) is 4. The van der Waals surface area contributed by atoms with Gasteiger partial charge in [-0.1, -0.05) is 11.6 Å². The van der Waals surface area contributed by atoms with E-state index in [-0.39, 0.29) is 46.0 Å². The number of nitrogens with one attached hydrogen (secondary N) is 1. The molecule has 8 nitrogen and oxygen atoms in total. The Bertz CT molecular complexity index is 1140. The zero-order valence-corrected chi connectivity index (χ0v) is 19.7. The molecule has 1 saturated heterocycles. The molecule has 0 bridgehead atoms. The number of benzene rings is 1. The smallest absolute Gasteiger partial charge is 0.273 e. The number of amides is 3. The minimum atomic E-state index is -1.06. The number of anilines is 1. The maximum atomic E-state index is 13.8. The topological polar surface area (TPSA) is 112 Å². The number of H-pyrrole nitrogens is 1. The first kappa shape index (κ1) is 24.1. The SMILES string of the molecule is CC(C)N(C(=O)c1[nH]cnc1C(N)=O)C1CCC2(CC1)CCN(c1cc(F)c(F)cc1Cl)C2=O. The molecule has 0 atom stereocenters. The zero-order valence-electron chi connectivity index (χ0n) is 18.9. The van der Waals surface area contributed by atoms with Crippen molar-refractivity contribution in [3.63, 3.8) is 0 Å². The minimum Gasteiger partial charge on any atom is -0.364 e. The Morgan fingerprint density at radius 3 is 2.50 bits per heavy atom. The number of halogens is 3. The van der Waals surface area contributed by atoms with Crippen molar-refractivity contribution < 1.29 is 23.2 Å². The molecular formula is C23H26ClF2N5O3. The second kappa shape index (κ2) is 8.98. The molecule has 1 aromatic heterocycles. The molecule has 3 amide bonds. The summed E-state index contributed by atoms with van der Waals surface area (Å²) in [5.41, 5.74) is 4.83. The Morgan fingerprint density at radius 2 is 1.88 bits per heavy atom. The molecule has 2 aliphatic rings. The average molecular weight is 494 g/mol. The van der Waals surface area contributed by atoms with Gasteiger partial charge in [-0.25, -0.2) is 13.8 Å². The Kier molecular flexibility index (Phi) is 6.37. The van der Waals surface area contributed by atoms with Crippen LogP contribution in [-0.2, 0) is 4.79 Å². The number of carbonyl (C=O) groups is 3. The first-order chi connectivity index (χ1) is 16.1. The standard InChI is InChI=1S/C23H26ClF2N5O3/c1-12(2)31(21(33)19-18(20(27)32)28-11-29-19)13-3-5-23(6-4-13)7-8-30(22(23)34)17-10-16(26)15(25)9-14(17)24/h9-13H,3-8H2,1-2H3,(H2,27,32)(H,28,29). The maximum Gasteiger partial charge on any atom is 0.273 e. The number of imidazole rings is 1. The van der Waals surface area contributed by atoms with Crippen molar-refractivity contribution in [3.05, 3.63) is 46.5 Å². The fourth-order valence-corrected chi connectivity index (χ4v) is 5.51. The number of aromatic nitrogens is 2. The van der Waals surface area contributed by atoms with Crippen LogP contribution in [0.2, 0.25) is 5.02 Å². The van der Waals surface area contributed by atoms with E-state index in [2.05, 4.69) is 9.97 Å². The lowest BCUT2D eigenvalue weighted by atomic mass is 9.71. The molecule has 11 heteroatoms. The van der Waals surface area contributed by atoms with Crippen molar-refractivity contribution in [2.75, 3.05) is 11.4 Å². The predicted molar refractivity (Wildman–Crippen MR) is 121 cm³/mol. The molecule has 2 fully saturated rings. The number of nitrogens with zero attached hydrogens (tertiary/aromatic N) is 3. The number of hydrogen-bond donors (Lipinski definition) is 2. The van der Waals surface area contributed by atoms with E-state index in [9.17, 15) is 23.2 Å². The molecule has 3 N–H and O–H groups in total. The summed E-state index contributed by atoms with van der Waals surface area (Å²) >= 11 is 6.11. The third-order valence-corrected chi connectivity index (χ3v) is 7.28. The van der Waals surface area contributed by atoms with Gasteiger partial charge in [0.2, 0.25) is 5.91 Å². The molecule has 34 heavy (non-hydrogen) atoms. The van der Waals surface area contributed by atoms with Crippen LogP contribution in [0.1, 0.15) is 66.9 Å². The van der Waals surface area contributed by atoms with Gasteiger partial charge in [0.15, 0.2) is 17.3 Å². The normalized spacial score (nSPS) is 22.6. The van der Waals surface area contributed by atoms with Gasteiger partial charge < -0.3 is 20.5 Å². The number of nitrogens with two attached hydrogens (primary N) is 1. The molecule has 182 valence electrons. The van der Waals surface area contributed by atoms with Gasteiger partial charge >= 0.3 is 0 Å². The van der Waals surface area contributed by atoms with E-state index in [0.717, 1.165) is 12.1 Å². The molecular weight excluding hydrogens is 468 g/mol. The van der Waals surface area contributed by atoms with Crippen molar-refractivity contribution in [1.29, 1.82) is 0 Å². The fourth-order valence-electron chi connectivity index (χ4n) is 5.26. The lowest BCUT2D eigenvalue weighted by Gasteiger charge is -2.42. The highest BCUT2D eigenvalue weighted by Gasteiger charge is 2.50. The predicted octanol–water partition coefficient (Wildman–Crippen LogP) is 3.66. The molecule has 2 aromatic rings. The van der Waals surface area contributed by atoms with Crippen LogP contribution in [-0.4, -0.2) is 51.2 Å². The van der Waals surface area contributed by atoms with Crippen molar-refractivity contribution in [3.8, 4) is 0 Å². The summed E-state index contributed by atoms with van der Waals surface area (Å²) in [7, 11) is 0. The molecule has 0 unspecified atom stereocenters. The molecule has 1 spiro atoms. The highest BCUT2D eigenvalue weighted by Crippen LogP contribution is 2.48. The fraction of sp³-hybridized carbons (Fsp3) is 0.478. The highest BCUT2D eigenvalue weighted by molar-refractivity contribution is 6.34. The van der Waals surface area contributed by atoms with Crippen LogP contribution in [0.25, 0.3) is 0 Å². The van der Waals surface area contributed by atoms with E-state index in [4.69, 9.17) is 17.3 Å². The van der Waals surface area contributed by atoms with Crippen molar-refractivity contribution >= 4 is 35.0 Å². The number of aromatic amines is 1. The van der Waals surface area contributed by atoms with Gasteiger partial charge in [0.25, 0.3) is 11.8 Å². The number of primary amides is 1. The third kappa shape index (κ3) is 4.04. The lowest BCUT2D eigenvalue weighted by molar-refractivity contribution is -0.127. The van der Waals surface area contributed by atoms with Crippen molar-refractivity contribution in [2.45, 2.75) is 58.0 Å². The third-order valence-electron chi connectivity index (χ3n) is 6.98. The van der Waals surface area contributed by atoms with Gasteiger partial charge in [-0.2, -0.15) is 0 Å².